The second-order valence-corrected chi connectivity index (χ2v) is 5.84. The first-order chi connectivity index (χ1) is 10.3. The van der Waals surface area contributed by atoms with Gasteiger partial charge in [-0.25, -0.2) is 4.99 Å². The predicted octanol–water partition coefficient (Wildman–Crippen LogP) is 3.54. The Morgan fingerprint density at radius 1 is 1.24 bits per heavy atom. The maximum atomic E-state index is 11.8. The van der Waals surface area contributed by atoms with Crippen molar-refractivity contribution in [2.24, 2.45) is 4.99 Å². The molecule has 112 valence electrons. The van der Waals surface area contributed by atoms with Gasteiger partial charge >= 0.3 is 0 Å². The highest BCUT2D eigenvalue weighted by atomic mass is 32.1. The molecule has 1 aromatic rings. The van der Waals surface area contributed by atoms with Crippen molar-refractivity contribution in [3.63, 3.8) is 0 Å². The molecule has 1 aromatic carbocycles. The molecule has 1 amide bonds. The molecule has 0 bridgehead atoms. The van der Waals surface area contributed by atoms with Crippen LogP contribution in [0.15, 0.2) is 35.3 Å². The minimum absolute atomic E-state index is 0.171. The van der Waals surface area contributed by atoms with Gasteiger partial charge in [0.15, 0.2) is 0 Å². The first-order valence-corrected chi connectivity index (χ1v) is 8.09. The summed E-state index contributed by atoms with van der Waals surface area (Å²) in [5.41, 5.74) is 1.38. The molecule has 0 radical (unpaired) electrons. The summed E-state index contributed by atoms with van der Waals surface area (Å²) in [7, 11) is 0. The quantitative estimate of drug-likeness (QED) is 0.453. The Labute approximate surface area is 131 Å². The number of aryl methyl sites for hydroxylation is 1. The van der Waals surface area contributed by atoms with Crippen molar-refractivity contribution in [2.75, 3.05) is 0 Å². The maximum absolute atomic E-state index is 11.8. The molecule has 1 saturated carbocycles. The number of hydrogen-bond acceptors (Lipinski definition) is 3. The van der Waals surface area contributed by atoms with Crippen LogP contribution in [0, 0.1) is 0 Å². The molecule has 0 aromatic heterocycles. The molecule has 0 atom stereocenters. The van der Waals surface area contributed by atoms with Gasteiger partial charge in [0.1, 0.15) is 0 Å². The lowest BCUT2D eigenvalue weighted by molar-refractivity contribution is -0.122. The maximum Gasteiger partial charge on any atom is 0.220 e. The van der Waals surface area contributed by atoms with Crippen LogP contribution in [0.25, 0.3) is 0 Å². The van der Waals surface area contributed by atoms with Crippen molar-refractivity contribution in [1.82, 2.24) is 5.32 Å². The third-order valence-corrected chi connectivity index (χ3v) is 4.03. The van der Waals surface area contributed by atoms with Gasteiger partial charge in [0.25, 0.3) is 0 Å². The van der Waals surface area contributed by atoms with Crippen LogP contribution in [0.4, 0.5) is 0 Å². The lowest BCUT2D eigenvalue weighted by atomic mass is 9.87. The summed E-state index contributed by atoms with van der Waals surface area (Å²) in [6.45, 7) is 0. The number of carbonyl (C=O) groups excluding carboxylic acids is 1. The number of aliphatic imine (C=N–C) groups is 1. The summed E-state index contributed by atoms with van der Waals surface area (Å²) in [6, 6.07) is 11.1. The van der Waals surface area contributed by atoms with Crippen LogP contribution < -0.4 is 5.32 Å². The van der Waals surface area contributed by atoms with Crippen LogP contribution in [-0.4, -0.2) is 23.2 Å². The van der Waals surface area contributed by atoms with Gasteiger partial charge in [-0.15, -0.1) is 0 Å². The number of nitrogens with one attached hydrogen (secondary N) is 1. The molecule has 3 nitrogen and oxygen atoms in total. The third kappa shape index (κ3) is 5.78. The van der Waals surface area contributed by atoms with E-state index in [1.54, 1.807) is 0 Å². The Morgan fingerprint density at radius 2 is 2.00 bits per heavy atom. The molecule has 21 heavy (non-hydrogen) atoms. The normalized spacial score (nSPS) is 20.2. The fourth-order valence-electron chi connectivity index (χ4n) is 2.62. The fourth-order valence-corrected chi connectivity index (χ4v) is 2.77. The zero-order valence-electron chi connectivity index (χ0n) is 12.3. The summed E-state index contributed by atoms with van der Waals surface area (Å²) < 4.78 is 0. The number of nitrogens with zero attached hydrogens (tertiary/aromatic N) is 1. The van der Waals surface area contributed by atoms with E-state index in [4.69, 9.17) is 0 Å². The molecule has 0 saturated heterocycles. The first-order valence-electron chi connectivity index (χ1n) is 7.68. The first kappa shape index (κ1) is 15.9. The standard InChI is InChI=1S/C17H22N2OS/c20-17(19-16-11-15(12-16)18-13-21)10-6-2-5-9-14-7-3-1-4-8-14/h1,3-4,7-8,15-16H,2,5-6,9-12H2,(H,19,20). The van der Waals surface area contributed by atoms with E-state index in [1.165, 1.54) is 5.56 Å². The van der Waals surface area contributed by atoms with Crippen molar-refractivity contribution in [3.05, 3.63) is 35.9 Å². The van der Waals surface area contributed by atoms with Crippen LogP contribution in [-0.2, 0) is 11.2 Å². The number of carbonyl (C=O) groups is 1. The lowest BCUT2D eigenvalue weighted by Gasteiger charge is -2.32. The van der Waals surface area contributed by atoms with Crippen molar-refractivity contribution < 1.29 is 4.79 Å². The average Bonchev–Trinajstić information content (AvgIpc) is 2.46. The van der Waals surface area contributed by atoms with E-state index in [1.807, 2.05) is 6.07 Å². The van der Waals surface area contributed by atoms with E-state index in [2.05, 4.69) is 52.0 Å². The van der Waals surface area contributed by atoms with Gasteiger partial charge in [0.2, 0.25) is 5.91 Å². The summed E-state index contributed by atoms with van der Waals surface area (Å²) in [5, 5.41) is 5.45. The summed E-state index contributed by atoms with van der Waals surface area (Å²) in [4.78, 5) is 15.8. The Morgan fingerprint density at radius 3 is 2.71 bits per heavy atom. The van der Waals surface area contributed by atoms with Gasteiger partial charge in [-0.2, -0.15) is 0 Å². The monoisotopic (exact) mass is 302 g/mol. The zero-order valence-corrected chi connectivity index (χ0v) is 13.1. The highest BCUT2D eigenvalue weighted by Crippen LogP contribution is 2.23. The van der Waals surface area contributed by atoms with Gasteiger partial charge in [0, 0.05) is 12.5 Å². The van der Waals surface area contributed by atoms with Gasteiger partial charge < -0.3 is 5.32 Å². The molecular weight excluding hydrogens is 280 g/mol. The fraction of sp³-hybridized carbons (Fsp3) is 0.529. The van der Waals surface area contributed by atoms with Crippen LogP contribution in [0.3, 0.4) is 0 Å². The van der Waals surface area contributed by atoms with Crippen LogP contribution in [0.1, 0.15) is 44.1 Å². The number of isothiocyanates is 1. The zero-order chi connectivity index (χ0) is 14.9. The van der Waals surface area contributed by atoms with Crippen molar-refractivity contribution in [1.29, 1.82) is 0 Å². The SMILES string of the molecule is O=C(CCCCCc1ccccc1)NC1CC(N=C=S)C1. The predicted molar refractivity (Wildman–Crippen MR) is 88.6 cm³/mol. The molecule has 1 fully saturated rings. The highest BCUT2D eigenvalue weighted by molar-refractivity contribution is 7.78. The van der Waals surface area contributed by atoms with Gasteiger partial charge in [0.05, 0.1) is 11.2 Å². The minimum Gasteiger partial charge on any atom is -0.353 e. The second-order valence-electron chi connectivity index (χ2n) is 5.66. The van der Waals surface area contributed by atoms with E-state index in [0.29, 0.717) is 12.5 Å². The minimum atomic E-state index is 0.171. The molecule has 1 aliphatic rings. The number of rotatable bonds is 8. The topological polar surface area (TPSA) is 41.5 Å². The molecule has 0 heterocycles. The second kappa shape index (κ2) is 8.71. The Hall–Kier alpha value is -1.51. The summed E-state index contributed by atoms with van der Waals surface area (Å²) in [6.07, 6.45) is 6.76. The molecule has 2 rings (SSSR count). The van der Waals surface area contributed by atoms with Gasteiger partial charge in [-0.1, -0.05) is 36.8 Å². The summed E-state index contributed by atoms with van der Waals surface area (Å²) >= 11 is 4.57. The highest BCUT2D eigenvalue weighted by Gasteiger charge is 2.29. The molecular formula is C17H22N2OS. The van der Waals surface area contributed by atoms with Crippen molar-refractivity contribution in [3.8, 4) is 0 Å². The molecule has 0 aliphatic heterocycles. The number of benzene rings is 1. The van der Waals surface area contributed by atoms with E-state index >= 15 is 0 Å². The Balaban J connectivity index is 1.49. The Bertz CT molecular complexity index is 491. The number of amides is 1. The average molecular weight is 302 g/mol. The number of hydrogen-bond donors (Lipinski definition) is 1. The molecule has 0 spiro atoms. The number of unbranched alkanes of at least 4 members (excludes halogenated alkanes) is 2. The molecule has 0 unspecified atom stereocenters. The number of thiocarbonyl (C=S) groups is 1. The van der Waals surface area contributed by atoms with Crippen LogP contribution >= 0.6 is 12.2 Å². The molecule has 1 aliphatic carbocycles. The third-order valence-electron chi connectivity index (χ3n) is 3.93. The Kier molecular flexibility index (Phi) is 6.58. The van der Waals surface area contributed by atoms with Crippen molar-refractivity contribution >= 4 is 23.3 Å². The summed E-state index contributed by atoms with van der Waals surface area (Å²) in [5.74, 6) is 0.171. The van der Waals surface area contributed by atoms with Crippen LogP contribution in [0.2, 0.25) is 0 Å². The smallest absolute Gasteiger partial charge is 0.220 e. The van der Waals surface area contributed by atoms with Crippen molar-refractivity contribution in [2.45, 2.75) is 57.0 Å². The van der Waals surface area contributed by atoms with Gasteiger partial charge in [-0.05, 0) is 49.9 Å². The molecule has 4 heteroatoms. The van der Waals surface area contributed by atoms with Gasteiger partial charge in [-0.3, -0.25) is 4.79 Å². The van der Waals surface area contributed by atoms with Crippen LogP contribution in [0.5, 0.6) is 0 Å². The molecule has 1 N–H and O–H groups in total. The van der Waals surface area contributed by atoms with E-state index in [-0.39, 0.29) is 11.9 Å². The lowest BCUT2D eigenvalue weighted by Crippen LogP contribution is -2.46. The van der Waals surface area contributed by atoms with E-state index < -0.39 is 0 Å². The van der Waals surface area contributed by atoms with E-state index in [9.17, 15) is 4.79 Å². The van der Waals surface area contributed by atoms with E-state index in [0.717, 1.165) is 38.5 Å². The largest absolute Gasteiger partial charge is 0.353 e.